The van der Waals surface area contributed by atoms with E-state index in [4.69, 9.17) is 19.9 Å². The van der Waals surface area contributed by atoms with Crippen molar-refractivity contribution in [2.75, 3.05) is 43.4 Å². The normalized spacial score (nSPS) is 12.2. The van der Waals surface area contributed by atoms with Gasteiger partial charge in [0.25, 0.3) is 0 Å². The molecule has 4 N–H and O–H groups in total. The van der Waals surface area contributed by atoms with Crippen molar-refractivity contribution in [1.82, 2.24) is 9.97 Å². The van der Waals surface area contributed by atoms with Crippen LogP contribution in [0.15, 0.2) is 24.5 Å². The highest BCUT2D eigenvalue weighted by Crippen LogP contribution is 2.35. The summed E-state index contributed by atoms with van der Waals surface area (Å²) in [5.41, 5.74) is 7.32. The molecule has 3 rings (SSSR count). The van der Waals surface area contributed by atoms with Gasteiger partial charge in [0.1, 0.15) is 12.0 Å². The smallest absolute Gasteiger partial charge is 0.231 e. The molecule has 8 nitrogen and oxygen atoms in total. The Morgan fingerprint density at radius 1 is 1.23 bits per heavy atom. The van der Waals surface area contributed by atoms with E-state index in [0.717, 1.165) is 11.4 Å². The van der Waals surface area contributed by atoms with Gasteiger partial charge in [-0.2, -0.15) is 0 Å². The standard InChI is InChI=1S/C14H17N5O3/c1-20-5-4-16-13-12(15)14(18-7-17-13)19-9-2-3-10-11(6-9)22-8-21-10/h2-3,6-7H,4-5,8,15H2,1H3,(H2,16,17,18,19). The summed E-state index contributed by atoms with van der Waals surface area (Å²) in [7, 11) is 1.64. The largest absolute Gasteiger partial charge is 0.454 e. The van der Waals surface area contributed by atoms with Crippen molar-refractivity contribution in [3.05, 3.63) is 24.5 Å². The topological polar surface area (TPSA) is 104 Å². The molecule has 0 bridgehead atoms. The van der Waals surface area contributed by atoms with Crippen LogP contribution in [0.1, 0.15) is 0 Å². The first-order valence-corrected chi connectivity index (χ1v) is 6.78. The molecule has 1 aliphatic rings. The van der Waals surface area contributed by atoms with Crippen LogP contribution in [0, 0.1) is 0 Å². The highest BCUT2D eigenvalue weighted by Gasteiger charge is 2.14. The summed E-state index contributed by atoms with van der Waals surface area (Å²) in [6.07, 6.45) is 1.45. The lowest BCUT2D eigenvalue weighted by Crippen LogP contribution is -2.12. The lowest BCUT2D eigenvalue weighted by atomic mass is 10.2. The minimum absolute atomic E-state index is 0.238. The van der Waals surface area contributed by atoms with Gasteiger partial charge in [-0.3, -0.25) is 0 Å². The van der Waals surface area contributed by atoms with E-state index in [2.05, 4.69) is 20.6 Å². The molecular formula is C14H17N5O3. The minimum Gasteiger partial charge on any atom is -0.454 e. The van der Waals surface area contributed by atoms with Gasteiger partial charge in [0.15, 0.2) is 23.1 Å². The number of anilines is 4. The van der Waals surface area contributed by atoms with Crippen molar-refractivity contribution >= 4 is 23.0 Å². The second-order valence-corrected chi connectivity index (χ2v) is 4.60. The first kappa shape index (κ1) is 14.2. The van der Waals surface area contributed by atoms with Crippen molar-refractivity contribution in [2.24, 2.45) is 0 Å². The van der Waals surface area contributed by atoms with Gasteiger partial charge in [-0.25, -0.2) is 9.97 Å². The Labute approximate surface area is 127 Å². The lowest BCUT2D eigenvalue weighted by Gasteiger charge is -2.12. The fourth-order valence-corrected chi connectivity index (χ4v) is 2.02. The Kier molecular flexibility index (Phi) is 4.10. The third-order valence-electron chi connectivity index (χ3n) is 3.12. The zero-order valence-electron chi connectivity index (χ0n) is 12.1. The van der Waals surface area contributed by atoms with Gasteiger partial charge in [-0.1, -0.05) is 0 Å². The molecular weight excluding hydrogens is 286 g/mol. The third kappa shape index (κ3) is 2.96. The van der Waals surface area contributed by atoms with Crippen LogP contribution in [0.5, 0.6) is 11.5 Å². The minimum atomic E-state index is 0.238. The number of hydrogen-bond acceptors (Lipinski definition) is 8. The molecule has 1 aliphatic heterocycles. The number of hydrogen-bond donors (Lipinski definition) is 3. The number of benzene rings is 1. The van der Waals surface area contributed by atoms with Crippen molar-refractivity contribution in [3.8, 4) is 11.5 Å². The molecule has 0 atom stereocenters. The Morgan fingerprint density at radius 2 is 2.05 bits per heavy atom. The molecule has 116 valence electrons. The van der Waals surface area contributed by atoms with Gasteiger partial charge in [0.2, 0.25) is 6.79 Å². The summed E-state index contributed by atoms with van der Waals surface area (Å²) in [4.78, 5) is 8.29. The Morgan fingerprint density at radius 3 is 2.91 bits per heavy atom. The zero-order valence-corrected chi connectivity index (χ0v) is 12.1. The van der Waals surface area contributed by atoms with E-state index < -0.39 is 0 Å². The van der Waals surface area contributed by atoms with E-state index in [1.165, 1.54) is 6.33 Å². The molecule has 0 unspecified atom stereocenters. The number of nitrogens with two attached hydrogens (primary N) is 1. The van der Waals surface area contributed by atoms with Crippen LogP contribution < -0.4 is 25.8 Å². The van der Waals surface area contributed by atoms with Crippen LogP contribution in [0.4, 0.5) is 23.0 Å². The van der Waals surface area contributed by atoms with Gasteiger partial charge >= 0.3 is 0 Å². The van der Waals surface area contributed by atoms with Gasteiger partial charge < -0.3 is 30.6 Å². The van der Waals surface area contributed by atoms with Crippen molar-refractivity contribution in [3.63, 3.8) is 0 Å². The maximum atomic E-state index is 6.08. The van der Waals surface area contributed by atoms with Crippen LogP contribution in [-0.4, -0.2) is 37.0 Å². The van der Waals surface area contributed by atoms with Crippen LogP contribution in [-0.2, 0) is 4.74 Å². The van der Waals surface area contributed by atoms with E-state index >= 15 is 0 Å². The predicted octanol–water partition coefficient (Wildman–Crippen LogP) is 1.59. The quantitative estimate of drug-likeness (QED) is 0.691. The van der Waals surface area contributed by atoms with Crippen molar-refractivity contribution in [2.45, 2.75) is 0 Å². The number of fused-ring (bicyclic) bond motifs is 1. The number of aromatic nitrogens is 2. The van der Waals surface area contributed by atoms with Crippen LogP contribution >= 0.6 is 0 Å². The summed E-state index contributed by atoms with van der Waals surface area (Å²) in [5, 5.41) is 6.25. The highest BCUT2D eigenvalue weighted by atomic mass is 16.7. The number of methoxy groups -OCH3 is 1. The van der Waals surface area contributed by atoms with Gasteiger partial charge in [0.05, 0.1) is 6.61 Å². The Balaban J connectivity index is 1.76. The fourth-order valence-electron chi connectivity index (χ4n) is 2.02. The SMILES string of the molecule is COCCNc1ncnc(Nc2ccc3c(c2)OCO3)c1N. The average Bonchev–Trinajstić information content (AvgIpc) is 2.99. The zero-order chi connectivity index (χ0) is 15.4. The summed E-state index contributed by atoms with van der Waals surface area (Å²) < 4.78 is 15.6. The molecule has 0 spiro atoms. The first-order chi connectivity index (χ1) is 10.8. The summed E-state index contributed by atoms with van der Waals surface area (Å²) >= 11 is 0. The van der Waals surface area contributed by atoms with E-state index in [9.17, 15) is 0 Å². The molecule has 22 heavy (non-hydrogen) atoms. The molecule has 8 heteroatoms. The van der Waals surface area contributed by atoms with E-state index in [1.54, 1.807) is 7.11 Å². The molecule has 0 aliphatic carbocycles. The van der Waals surface area contributed by atoms with E-state index in [1.807, 2.05) is 18.2 Å². The second-order valence-electron chi connectivity index (χ2n) is 4.60. The van der Waals surface area contributed by atoms with E-state index in [-0.39, 0.29) is 6.79 Å². The number of ether oxygens (including phenoxy) is 3. The number of nitrogens with one attached hydrogen (secondary N) is 2. The molecule has 2 aromatic rings. The monoisotopic (exact) mass is 303 g/mol. The lowest BCUT2D eigenvalue weighted by molar-refractivity contribution is 0.174. The van der Waals surface area contributed by atoms with Gasteiger partial charge in [-0.15, -0.1) is 0 Å². The summed E-state index contributed by atoms with van der Waals surface area (Å²) in [6, 6.07) is 5.54. The van der Waals surface area contributed by atoms with E-state index in [0.29, 0.717) is 36.2 Å². The maximum absolute atomic E-state index is 6.08. The first-order valence-electron chi connectivity index (χ1n) is 6.78. The number of nitrogen functional groups attached to an aromatic ring is 1. The average molecular weight is 303 g/mol. The Hall–Kier alpha value is -2.74. The van der Waals surface area contributed by atoms with Crippen molar-refractivity contribution in [1.29, 1.82) is 0 Å². The molecule has 1 aromatic heterocycles. The third-order valence-corrected chi connectivity index (χ3v) is 3.12. The van der Waals surface area contributed by atoms with Gasteiger partial charge in [0, 0.05) is 25.4 Å². The maximum Gasteiger partial charge on any atom is 0.231 e. The van der Waals surface area contributed by atoms with Crippen LogP contribution in [0.25, 0.3) is 0 Å². The molecule has 1 aromatic carbocycles. The number of nitrogens with zero attached hydrogens (tertiary/aromatic N) is 2. The summed E-state index contributed by atoms with van der Waals surface area (Å²) in [5.74, 6) is 2.50. The second kappa shape index (κ2) is 6.35. The van der Waals surface area contributed by atoms with Gasteiger partial charge in [-0.05, 0) is 12.1 Å². The Bertz CT molecular complexity index is 665. The summed E-state index contributed by atoms with van der Waals surface area (Å²) in [6.45, 7) is 1.41. The molecule has 2 heterocycles. The molecule has 0 saturated heterocycles. The number of rotatable bonds is 6. The molecule has 0 saturated carbocycles. The van der Waals surface area contributed by atoms with Crippen LogP contribution in [0.3, 0.4) is 0 Å². The molecule has 0 radical (unpaired) electrons. The molecule has 0 amide bonds. The van der Waals surface area contributed by atoms with Crippen LogP contribution in [0.2, 0.25) is 0 Å². The predicted molar refractivity (Wildman–Crippen MR) is 82.7 cm³/mol. The highest BCUT2D eigenvalue weighted by molar-refractivity contribution is 5.78. The molecule has 0 fully saturated rings. The fraction of sp³-hybridized carbons (Fsp3) is 0.286. The van der Waals surface area contributed by atoms with Crippen molar-refractivity contribution < 1.29 is 14.2 Å².